The van der Waals surface area contributed by atoms with E-state index in [9.17, 15) is 0 Å². The number of benzene rings is 5. The van der Waals surface area contributed by atoms with Crippen molar-refractivity contribution in [1.82, 2.24) is 0 Å². The second kappa shape index (κ2) is 12.4. The molecular weight excluding hydrogens is 719 g/mol. The Labute approximate surface area is 315 Å². The summed E-state index contributed by atoms with van der Waals surface area (Å²) in [4.78, 5) is 0. The van der Waals surface area contributed by atoms with Gasteiger partial charge in [0.2, 0.25) is 0 Å². The normalized spacial score (nSPS) is 18.6. The molecule has 4 heteroatoms. The van der Waals surface area contributed by atoms with Crippen LogP contribution in [-0.2, 0) is 30.1 Å². The van der Waals surface area contributed by atoms with Crippen LogP contribution in [0.15, 0.2) is 102 Å². The molecule has 241 valence electrons. The van der Waals surface area contributed by atoms with Gasteiger partial charge >= 0.3 is 267 Å². The van der Waals surface area contributed by atoms with Crippen molar-refractivity contribution < 1.29 is 49.5 Å². The van der Waals surface area contributed by atoms with Gasteiger partial charge in [-0.3, -0.25) is 0 Å². The van der Waals surface area contributed by atoms with Gasteiger partial charge in [0.25, 0.3) is 0 Å². The molecule has 1 heterocycles. The predicted molar refractivity (Wildman–Crippen MR) is 197 cm³/mol. The number of hydrogen-bond acceptors (Lipinski definition) is 0. The van der Waals surface area contributed by atoms with Crippen LogP contribution in [0.4, 0.5) is 0 Å². The van der Waals surface area contributed by atoms with Gasteiger partial charge in [-0.2, -0.15) is 0 Å². The van der Waals surface area contributed by atoms with Crippen LogP contribution < -0.4 is 30.0 Å². The number of fused-ring (bicyclic) bond motifs is 3. The quantitative estimate of drug-likeness (QED) is 0.212. The summed E-state index contributed by atoms with van der Waals surface area (Å²) in [7, 11) is -1.99. The second-order valence-corrected chi connectivity index (χ2v) is 21.4. The molecule has 0 radical (unpaired) electrons. The Kier molecular flexibility index (Phi) is 9.12. The molecule has 8 rings (SSSR count). The second-order valence-electron chi connectivity index (χ2n) is 15.7. The van der Waals surface area contributed by atoms with Crippen molar-refractivity contribution in [2.24, 2.45) is 5.92 Å². The van der Waals surface area contributed by atoms with E-state index < -0.39 is 8.07 Å². The molecule has 2 unspecified atom stereocenters. The van der Waals surface area contributed by atoms with Crippen molar-refractivity contribution in [1.29, 1.82) is 0 Å². The summed E-state index contributed by atoms with van der Waals surface area (Å²) in [5, 5.41) is 6.13. The van der Waals surface area contributed by atoms with E-state index in [1.54, 1.807) is 68.5 Å². The van der Waals surface area contributed by atoms with E-state index in [2.05, 4.69) is 152 Å². The molecule has 5 aromatic carbocycles. The smallest absolute Gasteiger partial charge is 1.00 e. The van der Waals surface area contributed by atoms with E-state index in [1.807, 2.05) is 0 Å². The average Bonchev–Trinajstić information content (AvgIpc) is 3.60. The van der Waals surface area contributed by atoms with E-state index >= 15 is 0 Å². The van der Waals surface area contributed by atoms with Crippen LogP contribution in [0.3, 0.4) is 0 Å². The van der Waals surface area contributed by atoms with Gasteiger partial charge in [0.1, 0.15) is 0 Å². The molecule has 0 saturated carbocycles. The van der Waals surface area contributed by atoms with E-state index in [-0.39, 0.29) is 36.1 Å². The Balaban J connectivity index is 0.00000201. The molecule has 1 aliphatic heterocycles. The van der Waals surface area contributed by atoms with E-state index in [4.69, 9.17) is 0 Å². The fourth-order valence-corrected chi connectivity index (χ4v) is 14.4. The van der Waals surface area contributed by atoms with Gasteiger partial charge in [-0.05, 0) is 5.41 Å². The largest absolute Gasteiger partial charge is 1.00 e. The number of hydrogen-bond donors (Lipinski definition) is 0. The molecule has 2 bridgehead atoms. The van der Waals surface area contributed by atoms with Crippen LogP contribution >= 0.6 is 0 Å². The summed E-state index contributed by atoms with van der Waals surface area (Å²) in [6.07, 6.45) is 2.57. The van der Waals surface area contributed by atoms with Crippen molar-refractivity contribution in [3.8, 4) is 22.3 Å². The van der Waals surface area contributed by atoms with E-state index in [0.29, 0.717) is 9.54 Å². The molecular formula is C44H43Cl2SiZr. The Hall–Kier alpha value is -2.48. The maximum absolute atomic E-state index is 2.69. The third-order valence-electron chi connectivity index (χ3n) is 11.2. The van der Waals surface area contributed by atoms with E-state index in [1.165, 1.54) is 44.2 Å². The molecule has 0 spiro atoms. The van der Waals surface area contributed by atoms with Gasteiger partial charge in [0, 0.05) is 0 Å². The average molecular weight is 762 g/mol. The monoisotopic (exact) mass is 759 g/mol. The first-order chi connectivity index (χ1) is 21.9. The summed E-state index contributed by atoms with van der Waals surface area (Å²) in [6.45, 7) is 19.4. The molecule has 2 aliphatic carbocycles. The maximum Gasteiger partial charge on any atom is -1.00 e. The van der Waals surface area contributed by atoms with Crippen LogP contribution in [0.25, 0.3) is 44.3 Å². The van der Waals surface area contributed by atoms with Crippen LogP contribution in [0.5, 0.6) is 0 Å². The van der Waals surface area contributed by atoms with Crippen molar-refractivity contribution in [2.75, 3.05) is 0 Å². The molecule has 0 amide bonds. The maximum atomic E-state index is 2.69. The fourth-order valence-electron chi connectivity index (χ4n) is 9.02. The Morgan fingerprint density at radius 1 is 0.729 bits per heavy atom. The summed E-state index contributed by atoms with van der Waals surface area (Å²) < 4.78 is 0.547. The molecule has 5 aromatic rings. The van der Waals surface area contributed by atoms with Crippen molar-refractivity contribution in [3.63, 3.8) is 0 Å². The van der Waals surface area contributed by atoms with Gasteiger partial charge < -0.3 is 24.8 Å². The molecule has 0 N–H and O–H groups in total. The van der Waals surface area contributed by atoms with Gasteiger partial charge in [-0.25, -0.2) is 0 Å². The molecule has 0 aromatic heterocycles. The first-order valence-electron chi connectivity index (χ1n) is 17.0. The van der Waals surface area contributed by atoms with Crippen LogP contribution in [0.1, 0.15) is 84.5 Å². The van der Waals surface area contributed by atoms with Crippen molar-refractivity contribution in [3.05, 3.63) is 136 Å². The number of rotatable bonds is 4. The minimum atomic E-state index is -1.99. The summed E-state index contributed by atoms with van der Waals surface area (Å²) in [5.74, 6) is 0.743. The van der Waals surface area contributed by atoms with Crippen LogP contribution in [0, 0.1) is 5.92 Å². The van der Waals surface area contributed by atoms with Crippen LogP contribution in [-0.4, -0.2) is 8.07 Å². The molecule has 3 aliphatic rings. The SMILES string of the molecule is CC1=C2c3c(cc(C4C(C(C)C)=Cc5c(-c6ccc(C(C)(C)C)cc6)cccc54)c(c3-c3cccc4ccccc34)[Si]2(C)C)[CH]1[Zr+2].[Cl-].[Cl-]. The van der Waals surface area contributed by atoms with Crippen molar-refractivity contribution >= 4 is 35.3 Å². The van der Waals surface area contributed by atoms with Gasteiger partial charge in [0.15, 0.2) is 0 Å². The molecule has 0 nitrogen and oxygen atoms in total. The Morgan fingerprint density at radius 2 is 1.38 bits per heavy atom. The minimum absolute atomic E-state index is 0. The fraction of sp³-hybridized carbons (Fsp3) is 0.273. The zero-order valence-corrected chi connectivity index (χ0v) is 34.2. The van der Waals surface area contributed by atoms with Gasteiger partial charge in [-0.1, -0.05) is 20.8 Å². The zero-order valence-electron chi connectivity index (χ0n) is 29.2. The van der Waals surface area contributed by atoms with Gasteiger partial charge in [0.05, 0.1) is 0 Å². The number of halogens is 2. The summed E-state index contributed by atoms with van der Waals surface area (Å²) >= 11 is 1.61. The minimum Gasteiger partial charge on any atom is -1.00 e. The topological polar surface area (TPSA) is 0 Å². The Morgan fingerprint density at radius 3 is 2.06 bits per heavy atom. The Bertz CT molecular complexity index is 2160. The summed E-state index contributed by atoms with van der Waals surface area (Å²) in [6, 6.07) is 35.1. The number of allylic oxidation sites excluding steroid dienone is 2. The van der Waals surface area contributed by atoms with Crippen molar-refractivity contribution in [2.45, 2.75) is 69.6 Å². The molecule has 2 atom stereocenters. The standard InChI is InChI=1S/C44H43Si.2ClH.Zr/c1-26(2)36-25-37-33(29-19-21-31(22-20-29)44(4,5)6)16-12-18-35(37)40(36)38-24-30-23-27(3)42-39(30)41(43(38)45(42,7)8)34-17-11-14-28-13-9-10-15-32(28)34;;;/h9-26,40H,1-8H3;2*1H;/q;;;+2/p-2. The van der Waals surface area contributed by atoms with Crippen LogP contribution in [0.2, 0.25) is 13.1 Å². The first-order valence-corrected chi connectivity index (χ1v) is 21.4. The van der Waals surface area contributed by atoms with E-state index in [0.717, 1.165) is 0 Å². The summed E-state index contributed by atoms with van der Waals surface area (Å²) in [5.41, 5.74) is 18.1. The third-order valence-corrected chi connectivity index (χ3v) is 16.7. The molecule has 0 saturated heterocycles. The zero-order chi connectivity index (χ0) is 32.3. The molecule has 0 fully saturated rings. The molecule has 48 heavy (non-hydrogen) atoms. The predicted octanol–water partition coefficient (Wildman–Crippen LogP) is 5.51. The van der Waals surface area contributed by atoms with Gasteiger partial charge in [-0.15, -0.1) is 0 Å². The third kappa shape index (κ3) is 5.07. The first kappa shape index (κ1) is 35.3.